The summed E-state index contributed by atoms with van der Waals surface area (Å²) in [5.41, 5.74) is 3.15. The number of nitrogens with one attached hydrogen (secondary N) is 1. The second-order valence-corrected chi connectivity index (χ2v) is 5.26. The Morgan fingerprint density at radius 3 is 3.05 bits per heavy atom. The summed E-state index contributed by atoms with van der Waals surface area (Å²) < 4.78 is 1.08. The molecule has 0 aromatic heterocycles. The molecule has 1 amide bonds. The molecule has 1 aliphatic rings. The standard InChI is InChI=1S/C13H16BrN3O2/c1-2-17-6-5-9-10(8-17)12(4-3-11(9)14)16-13(18)7-15-19/h3-4,7,19H,2,5-6,8H2,1H3,(H,16,18). The molecule has 6 heteroatoms. The highest BCUT2D eigenvalue weighted by Gasteiger charge is 2.20. The van der Waals surface area contributed by atoms with Crippen LogP contribution in [0.2, 0.25) is 0 Å². The molecule has 0 atom stereocenters. The Morgan fingerprint density at radius 2 is 2.37 bits per heavy atom. The third kappa shape index (κ3) is 3.13. The maximum absolute atomic E-state index is 11.5. The van der Waals surface area contributed by atoms with E-state index < -0.39 is 5.91 Å². The minimum absolute atomic E-state index is 0.430. The summed E-state index contributed by atoms with van der Waals surface area (Å²) in [6.45, 7) is 4.95. The Balaban J connectivity index is 2.32. The van der Waals surface area contributed by atoms with Crippen LogP contribution in [0.25, 0.3) is 0 Å². The number of fused-ring (bicyclic) bond motifs is 1. The summed E-state index contributed by atoms with van der Waals surface area (Å²) in [6, 6.07) is 3.80. The van der Waals surface area contributed by atoms with E-state index in [0.29, 0.717) is 0 Å². The largest absolute Gasteiger partial charge is 0.411 e. The van der Waals surface area contributed by atoms with E-state index in [0.717, 1.165) is 48.0 Å². The first-order chi connectivity index (χ1) is 9.15. The Morgan fingerprint density at radius 1 is 1.58 bits per heavy atom. The normalized spacial score (nSPS) is 15.5. The van der Waals surface area contributed by atoms with E-state index in [1.165, 1.54) is 5.56 Å². The molecule has 5 nitrogen and oxygen atoms in total. The van der Waals surface area contributed by atoms with E-state index in [9.17, 15) is 4.79 Å². The molecule has 0 fully saturated rings. The first-order valence-electron chi connectivity index (χ1n) is 6.16. The number of carbonyl (C=O) groups excluding carboxylic acids is 1. The maximum atomic E-state index is 11.5. The molecule has 0 spiro atoms. The molecule has 1 aromatic carbocycles. The lowest BCUT2D eigenvalue weighted by Gasteiger charge is -2.29. The van der Waals surface area contributed by atoms with E-state index in [4.69, 9.17) is 5.21 Å². The fraction of sp³-hybridized carbons (Fsp3) is 0.385. The van der Waals surface area contributed by atoms with Crippen LogP contribution in [0, 0.1) is 0 Å². The van der Waals surface area contributed by atoms with Gasteiger partial charge in [0.1, 0.15) is 6.21 Å². The van der Waals surface area contributed by atoms with Gasteiger partial charge in [0.25, 0.3) is 5.91 Å². The Bertz CT molecular complexity index is 517. The fourth-order valence-electron chi connectivity index (χ4n) is 2.29. The molecule has 102 valence electrons. The molecule has 2 N–H and O–H groups in total. The van der Waals surface area contributed by atoms with Crippen molar-refractivity contribution in [2.24, 2.45) is 5.16 Å². The van der Waals surface area contributed by atoms with Gasteiger partial charge < -0.3 is 10.5 Å². The number of anilines is 1. The molecule has 1 heterocycles. The maximum Gasteiger partial charge on any atom is 0.270 e. The van der Waals surface area contributed by atoms with E-state index in [1.807, 2.05) is 12.1 Å². The van der Waals surface area contributed by atoms with Crippen LogP contribution in [-0.2, 0) is 17.8 Å². The average Bonchev–Trinajstić information content (AvgIpc) is 2.42. The van der Waals surface area contributed by atoms with Crippen LogP contribution in [0.15, 0.2) is 21.8 Å². The van der Waals surface area contributed by atoms with Crippen LogP contribution in [0.5, 0.6) is 0 Å². The van der Waals surface area contributed by atoms with Crippen molar-refractivity contribution >= 4 is 33.7 Å². The van der Waals surface area contributed by atoms with Crippen LogP contribution in [0.4, 0.5) is 5.69 Å². The van der Waals surface area contributed by atoms with Crippen LogP contribution in [0.1, 0.15) is 18.1 Å². The molecule has 0 aliphatic carbocycles. The lowest BCUT2D eigenvalue weighted by molar-refractivity contribution is -0.110. The topological polar surface area (TPSA) is 64.9 Å². The average molecular weight is 326 g/mol. The predicted molar refractivity (Wildman–Crippen MR) is 77.7 cm³/mol. The zero-order chi connectivity index (χ0) is 13.8. The van der Waals surface area contributed by atoms with Crippen molar-refractivity contribution in [3.05, 3.63) is 27.7 Å². The SMILES string of the molecule is CCN1CCc2c(Br)ccc(NC(=O)C=NO)c2C1. The van der Waals surface area contributed by atoms with Gasteiger partial charge in [-0.05, 0) is 36.2 Å². The number of rotatable bonds is 3. The summed E-state index contributed by atoms with van der Waals surface area (Å²) in [6.07, 6.45) is 1.82. The highest BCUT2D eigenvalue weighted by atomic mass is 79.9. The van der Waals surface area contributed by atoms with Gasteiger partial charge >= 0.3 is 0 Å². The van der Waals surface area contributed by atoms with Gasteiger partial charge in [0.2, 0.25) is 0 Å². The lowest BCUT2D eigenvalue weighted by atomic mass is 9.98. The zero-order valence-corrected chi connectivity index (χ0v) is 12.3. The molecule has 1 aliphatic heterocycles. The molecular weight excluding hydrogens is 310 g/mol. The van der Waals surface area contributed by atoms with Gasteiger partial charge in [-0.1, -0.05) is 28.0 Å². The molecule has 19 heavy (non-hydrogen) atoms. The Kier molecular flexibility index (Phi) is 4.55. The third-order valence-electron chi connectivity index (χ3n) is 3.31. The van der Waals surface area contributed by atoms with E-state index in [-0.39, 0.29) is 0 Å². The van der Waals surface area contributed by atoms with Crippen molar-refractivity contribution in [2.75, 3.05) is 18.4 Å². The second kappa shape index (κ2) is 6.16. The van der Waals surface area contributed by atoms with Crippen molar-refractivity contribution in [1.82, 2.24) is 4.90 Å². The molecule has 2 rings (SSSR count). The summed E-state index contributed by atoms with van der Waals surface area (Å²) in [5, 5.41) is 13.9. The highest BCUT2D eigenvalue weighted by molar-refractivity contribution is 9.10. The molecule has 0 saturated heterocycles. The highest BCUT2D eigenvalue weighted by Crippen LogP contribution is 2.32. The Labute approximate surface area is 120 Å². The quantitative estimate of drug-likeness (QED) is 0.509. The minimum atomic E-state index is -0.430. The van der Waals surface area contributed by atoms with Gasteiger partial charge in [0.05, 0.1) is 0 Å². The first kappa shape index (κ1) is 14.0. The first-order valence-corrected chi connectivity index (χ1v) is 6.96. The van der Waals surface area contributed by atoms with Gasteiger partial charge in [-0.2, -0.15) is 0 Å². The molecular formula is C13H16BrN3O2. The van der Waals surface area contributed by atoms with Gasteiger partial charge in [0, 0.05) is 23.2 Å². The number of amides is 1. The van der Waals surface area contributed by atoms with Gasteiger partial charge in [-0.15, -0.1) is 0 Å². The zero-order valence-electron chi connectivity index (χ0n) is 10.7. The van der Waals surface area contributed by atoms with Gasteiger partial charge in [-0.3, -0.25) is 9.69 Å². The molecule has 0 unspecified atom stereocenters. The summed E-state index contributed by atoms with van der Waals surface area (Å²) in [4.78, 5) is 13.8. The van der Waals surface area contributed by atoms with Crippen molar-refractivity contribution in [2.45, 2.75) is 19.9 Å². The lowest BCUT2D eigenvalue weighted by Crippen LogP contribution is -2.31. The number of hydrogen-bond acceptors (Lipinski definition) is 4. The smallest absolute Gasteiger partial charge is 0.270 e. The monoisotopic (exact) mass is 325 g/mol. The van der Waals surface area contributed by atoms with Crippen molar-refractivity contribution in [1.29, 1.82) is 0 Å². The number of likely N-dealkylation sites (N-methyl/N-ethyl adjacent to an activating group) is 1. The van der Waals surface area contributed by atoms with E-state index in [1.54, 1.807) is 0 Å². The molecule has 0 saturated carbocycles. The summed E-state index contributed by atoms with van der Waals surface area (Å²) in [5.74, 6) is -0.430. The van der Waals surface area contributed by atoms with Gasteiger partial charge in [0.15, 0.2) is 0 Å². The number of halogens is 1. The van der Waals surface area contributed by atoms with Crippen LogP contribution in [-0.4, -0.2) is 35.3 Å². The number of benzene rings is 1. The van der Waals surface area contributed by atoms with E-state index in [2.05, 4.69) is 38.2 Å². The van der Waals surface area contributed by atoms with Crippen LogP contribution >= 0.6 is 15.9 Å². The van der Waals surface area contributed by atoms with Crippen molar-refractivity contribution in [3.8, 4) is 0 Å². The summed E-state index contributed by atoms with van der Waals surface area (Å²) in [7, 11) is 0. The van der Waals surface area contributed by atoms with Gasteiger partial charge in [-0.25, -0.2) is 0 Å². The number of carbonyl (C=O) groups is 1. The number of nitrogens with zero attached hydrogens (tertiary/aromatic N) is 2. The van der Waals surface area contributed by atoms with Crippen molar-refractivity contribution in [3.63, 3.8) is 0 Å². The molecule has 1 aromatic rings. The third-order valence-corrected chi connectivity index (χ3v) is 4.06. The molecule has 0 radical (unpaired) electrons. The number of oxime groups is 1. The number of hydrogen-bond donors (Lipinski definition) is 2. The predicted octanol–water partition coefficient (Wildman–Crippen LogP) is 2.23. The minimum Gasteiger partial charge on any atom is -0.411 e. The van der Waals surface area contributed by atoms with Crippen molar-refractivity contribution < 1.29 is 10.0 Å². The fourth-order valence-corrected chi connectivity index (χ4v) is 2.86. The Hall–Kier alpha value is -1.40. The van der Waals surface area contributed by atoms with Crippen LogP contribution in [0.3, 0.4) is 0 Å². The second-order valence-electron chi connectivity index (χ2n) is 4.40. The van der Waals surface area contributed by atoms with Crippen LogP contribution < -0.4 is 5.32 Å². The summed E-state index contributed by atoms with van der Waals surface area (Å²) >= 11 is 3.56. The molecule has 0 bridgehead atoms. The van der Waals surface area contributed by atoms with E-state index >= 15 is 0 Å².